The molecule has 0 aliphatic carbocycles. The average Bonchev–Trinajstić information content (AvgIpc) is 3.10. The zero-order valence-corrected chi connectivity index (χ0v) is 15.1. The molecule has 1 unspecified atom stereocenters. The number of nitrogens with one attached hydrogen (secondary N) is 1. The standard InChI is InChI=1S/C18H23FN2O3S/c1-14-12-15(19)7-8-18(14)25(22,23)20-13-16(17-6-5-11-24-17)21-9-3-2-4-10-21/h5-8,11-12,16,20H,2-4,9-10,13H2,1H3. The van der Waals surface area contributed by atoms with E-state index in [-0.39, 0.29) is 17.5 Å². The summed E-state index contributed by atoms with van der Waals surface area (Å²) in [5.41, 5.74) is 0.389. The number of hydrogen-bond donors (Lipinski definition) is 1. The molecule has 0 amide bonds. The minimum Gasteiger partial charge on any atom is -0.468 e. The highest BCUT2D eigenvalue weighted by atomic mass is 32.2. The SMILES string of the molecule is Cc1cc(F)ccc1S(=O)(=O)NCC(c1ccco1)N1CCCCC1. The number of halogens is 1. The molecule has 0 spiro atoms. The van der Waals surface area contributed by atoms with Crippen molar-refractivity contribution in [2.24, 2.45) is 0 Å². The number of sulfonamides is 1. The zero-order valence-electron chi connectivity index (χ0n) is 14.2. The molecule has 1 atom stereocenters. The topological polar surface area (TPSA) is 62.6 Å². The molecule has 3 rings (SSSR count). The molecular weight excluding hydrogens is 343 g/mol. The molecule has 1 N–H and O–H groups in total. The van der Waals surface area contributed by atoms with Gasteiger partial charge in [-0.2, -0.15) is 0 Å². The summed E-state index contributed by atoms with van der Waals surface area (Å²) in [6, 6.07) is 7.22. The molecule has 1 fully saturated rings. The van der Waals surface area contributed by atoms with Gasteiger partial charge in [0.15, 0.2) is 0 Å². The van der Waals surface area contributed by atoms with E-state index in [9.17, 15) is 12.8 Å². The van der Waals surface area contributed by atoms with Gasteiger partial charge in [-0.15, -0.1) is 0 Å². The van der Waals surface area contributed by atoms with Crippen LogP contribution in [0.15, 0.2) is 45.9 Å². The zero-order chi connectivity index (χ0) is 17.9. The number of nitrogens with zero attached hydrogens (tertiary/aromatic N) is 1. The van der Waals surface area contributed by atoms with Crippen LogP contribution in [0.2, 0.25) is 0 Å². The second kappa shape index (κ2) is 7.68. The molecule has 1 aliphatic rings. The van der Waals surface area contributed by atoms with Crippen molar-refractivity contribution in [1.82, 2.24) is 9.62 Å². The number of aryl methyl sites for hydroxylation is 1. The summed E-state index contributed by atoms with van der Waals surface area (Å²) in [6.45, 7) is 3.64. The first-order valence-corrected chi connectivity index (χ1v) is 9.99. The Labute approximate surface area is 147 Å². The average molecular weight is 366 g/mol. The van der Waals surface area contributed by atoms with Crippen molar-refractivity contribution < 1.29 is 17.2 Å². The van der Waals surface area contributed by atoms with Crippen molar-refractivity contribution >= 4 is 10.0 Å². The Bertz CT molecular complexity index is 800. The fraction of sp³-hybridized carbons (Fsp3) is 0.444. The minimum atomic E-state index is -3.72. The maximum Gasteiger partial charge on any atom is 0.240 e. The minimum absolute atomic E-state index is 0.103. The van der Waals surface area contributed by atoms with Crippen LogP contribution in [0.5, 0.6) is 0 Å². The molecule has 0 bridgehead atoms. The first-order valence-electron chi connectivity index (χ1n) is 8.50. The number of likely N-dealkylation sites (tertiary alicyclic amines) is 1. The van der Waals surface area contributed by atoms with E-state index in [1.165, 1.54) is 18.6 Å². The quantitative estimate of drug-likeness (QED) is 0.853. The predicted octanol–water partition coefficient (Wildman–Crippen LogP) is 3.23. The van der Waals surface area contributed by atoms with Crippen LogP contribution in [0.3, 0.4) is 0 Å². The lowest BCUT2D eigenvalue weighted by atomic mass is 10.1. The maximum absolute atomic E-state index is 13.2. The number of hydrogen-bond acceptors (Lipinski definition) is 4. The summed E-state index contributed by atoms with van der Waals surface area (Å²) in [7, 11) is -3.72. The largest absolute Gasteiger partial charge is 0.468 e. The van der Waals surface area contributed by atoms with Gasteiger partial charge in [-0.05, 0) is 68.8 Å². The van der Waals surface area contributed by atoms with Gasteiger partial charge in [0.05, 0.1) is 17.2 Å². The van der Waals surface area contributed by atoms with Crippen molar-refractivity contribution in [1.29, 1.82) is 0 Å². The van der Waals surface area contributed by atoms with Crippen molar-refractivity contribution in [2.45, 2.75) is 37.1 Å². The Morgan fingerprint density at radius 3 is 2.64 bits per heavy atom. The molecule has 0 radical (unpaired) electrons. The van der Waals surface area contributed by atoms with Gasteiger partial charge in [-0.25, -0.2) is 17.5 Å². The molecule has 7 heteroatoms. The van der Waals surface area contributed by atoms with Crippen LogP contribution in [0, 0.1) is 12.7 Å². The van der Waals surface area contributed by atoms with Crippen LogP contribution in [-0.4, -0.2) is 33.0 Å². The first-order chi connectivity index (χ1) is 12.0. The van der Waals surface area contributed by atoms with Gasteiger partial charge < -0.3 is 4.42 Å². The number of benzene rings is 1. The maximum atomic E-state index is 13.2. The Morgan fingerprint density at radius 2 is 2.00 bits per heavy atom. The third-order valence-corrected chi connectivity index (χ3v) is 6.18. The molecule has 1 aliphatic heterocycles. The molecule has 2 heterocycles. The summed E-state index contributed by atoms with van der Waals surface area (Å²) in [5, 5.41) is 0. The molecule has 1 aromatic carbocycles. The first kappa shape index (κ1) is 18.1. The molecule has 136 valence electrons. The summed E-state index contributed by atoms with van der Waals surface area (Å²) in [6.07, 6.45) is 4.99. The van der Waals surface area contributed by atoms with Gasteiger partial charge in [0.25, 0.3) is 0 Å². The monoisotopic (exact) mass is 366 g/mol. The van der Waals surface area contributed by atoms with Crippen molar-refractivity contribution in [3.63, 3.8) is 0 Å². The van der Waals surface area contributed by atoms with Gasteiger partial charge in [-0.1, -0.05) is 6.42 Å². The number of furan rings is 1. The lowest BCUT2D eigenvalue weighted by Crippen LogP contribution is -2.40. The second-order valence-corrected chi connectivity index (χ2v) is 8.12. The van der Waals surface area contributed by atoms with Gasteiger partial charge in [-0.3, -0.25) is 4.90 Å². The highest BCUT2D eigenvalue weighted by Crippen LogP contribution is 2.25. The summed E-state index contributed by atoms with van der Waals surface area (Å²) < 4.78 is 46.7. The van der Waals surface area contributed by atoms with Crippen molar-refractivity contribution in [2.75, 3.05) is 19.6 Å². The van der Waals surface area contributed by atoms with E-state index < -0.39 is 15.8 Å². The second-order valence-electron chi connectivity index (χ2n) is 6.39. The van der Waals surface area contributed by atoms with Gasteiger partial charge >= 0.3 is 0 Å². The van der Waals surface area contributed by atoms with E-state index in [2.05, 4.69) is 9.62 Å². The van der Waals surface area contributed by atoms with Crippen LogP contribution < -0.4 is 4.72 Å². The van der Waals surface area contributed by atoms with Crippen LogP contribution >= 0.6 is 0 Å². The third-order valence-electron chi connectivity index (χ3n) is 4.60. The van der Waals surface area contributed by atoms with Crippen LogP contribution in [0.4, 0.5) is 4.39 Å². The summed E-state index contributed by atoms with van der Waals surface area (Å²) in [5.74, 6) is 0.304. The molecular formula is C18H23FN2O3S. The Hall–Kier alpha value is -1.70. The van der Waals surface area contributed by atoms with Crippen LogP contribution in [-0.2, 0) is 10.0 Å². The van der Waals surface area contributed by atoms with E-state index in [0.717, 1.165) is 37.8 Å². The van der Waals surface area contributed by atoms with E-state index in [0.29, 0.717) is 5.56 Å². The predicted molar refractivity (Wildman–Crippen MR) is 93.2 cm³/mol. The molecule has 5 nitrogen and oxygen atoms in total. The molecule has 1 aromatic heterocycles. The fourth-order valence-electron chi connectivity index (χ4n) is 3.30. The van der Waals surface area contributed by atoms with Crippen molar-refractivity contribution in [3.05, 3.63) is 53.7 Å². The van der Waals surface area contributed by atoms with Gasteiger partial charge in [0, 0.05) is 6.54 Å². The lowest BCUT2D eigenvalue weighted by molar-refractivity contribution is 0.147. The van der Waals surface area contributed by atoms with E-state index >= 15 is 0 Å². The van der Waals surface area contributed by atoms with Gasteiger partial charge in [0.2, 0.25) is 10.0 Å². The Kier molecular flexibility index (Phi) is 5.56. The highest BCUT2D eigenvalue weighted by molar-refractivity contribution is 7.89. The lowest BCUT2D eigenvalue weighted by Gasteiger charge is -2.33. The van der Waals surface area contributed by atoms with Gasteiger partial charge in [0.1, 0.15) is 11.6 Å². The van der Waals surface area contributed by atoms with E-state index in [4.69, 9.17) is 4.42 Å². The van der Waals surface area contributed by atoms with Crippen LogP contribution in [0.1, 0.15) is 36.6 Å². The Balaban J connectivity index is 1.78. The fourth-order valence-corrected chi connectivity index (χ4v) is 4.56. The normalized spacial score (nSPS) is 17.5. The molecule has 25 heavy (non-hydrogen) atoms. The Morgan fingerprint density at radius 1 is 1.24 bits per heavy atom. The van der Waals surface area contributed by atoms with Crippen molar-refractivity contribution in [3.8, 4) is 0 Å². The number of rotatable bonds is 6. The van der Waals surface area contributed by atoms with E-state index in [1.807, 2.05) is 12.1 Å². The summed E-state index contributed by atoms with van der Waals surface area (Å²) >= 11 is 0. The highest BCUT2D eigenvalue weighted by Gasteiger charge is 2.27. The van der Waals surface area contributed by atoms with Crippen LogP contribution in [0.25, 0.3) is 0 Å². The third kappa shape index (κ3) is 4.29. The summed E-state index contributed by atoms with van der Waals surface area (Å²) in [4.78, 5) is 2.35. The molecule has 1 saturated heterocycles. The number of piperidine rings is 1. The smallest absolute Gasteiger partial charge is 0.240 e. The van der Waals surface area contributed by atoms with E-state index in [1.54, 1.807) is 13.2 Å². The molecule has 0 saturated carbocycles. The molecule has 2 aromatic rings.